The molecular weight excluding hydrogens is 292 g/mol. The third kappa shape index (κ3) is 5.10. The minimum atomic E-state index is -1.05. The summed E-state index contributed by atoms with van der Waals surface area (Å²) in [6.07, 6.45) is 3.52. The van der Waals surface area contributed by atoms with Crippen LogP contribution in [-0.4, -0.2) is 23.0 Å². The summed E-state index contributed by atoms with van der Waals surface area (Å²) in [5.74, 6) is -1.25. The van der Waals surface area contributed by atoms with Gasteiger partial charge in [-0.1, -0.05) is 26.2 Å². The fourth-order valence-electron chi connectivity index (χ4n) is 2.30. The van der Waals surface area contributed by atoms with Crippen molar-refractivity contribution in [1.29, 1.82) is 5.26 Å². The highest BCUT2D eigenvalue weighted by atomic mass is 16.4. The number of unbranched alkanes of at least 4 members (excludes halogenated alkanes) is 2. The van der Waals surface area contributed by atoms with Crippen molar-refractivity contribution in [2.24, 2.45) is 5.41 Å². The minimum absolute atomic E-state index is 0.315. The molecule has 0 spiro atoms. The van der Waals surface area contributed by atoms with E-state index < -0.39 is 17.4 Å². The normalized spacial score (nSPS) is 12.3. The van der Waals surface area contributed by atoms with Gasteiger partial charge in [-0.05, 0) is 44.5 Å². The number of rotatable bonds is 8. The van der Waals surface area contributed by atoms with Crippen LogP contribution in [0.15, 0.2) is 24.3 Å². The average molecular weight is 316 g/mol. The van der Waals surface area contributed by atoms with Gasteiger partial charge in [0.2, 0.25) is 0 Å². The van der Waals surface area contributed by atoms with Gasteiger partial charge >= 0.3 is 5.97 Å². The largest absolute Gasteiger partial charge is 0.481 e. The number of benzene rings is 1. The van der Waals surface area contributed by atoms with Crippen LogP contribution >= 0.6 is 0 Å². The molecule has 1 atom stereocenters. The smallest absolute Gasteiger partial charge is 0.311 e. The molecule has 0 aliphatic carbocycles. The highest BCUT2D eigenvalue weighted by molar-refractivity contribution is 5.95. The van der Waals surface area contributed by atoms with Crippen LogP contribution in [0, 0.1) is 16.7 Å². The molecule has 124 valence electrons. The fourth-order valence-corrected chi connectivity index (χ4v) is 2.30. The summed E-state index contributed by atoms with van der Waals surface area (Å²) < 4.78 is 0. The summed E-state index contributed by atoms with van der Waals surface area (Å²) in [6, 6.07) is 7.84. The Bertz CT molecular complexity index is 585. The molecular formula is C18H24N2O3. The maximum Gasteiger partial charge on any atom is 0.311 e. The molecule has 1 rings (SSSR count). The number of carboxylic acid groups (broad SMARTS) is 1. The van der Waals surface area contributed by atoms with Crippen LogP contribution in [0.5, 0.6) is 0 Å². The van der Waals surface area contributed by atoms with E-state index in [0.29, 0.717) is 17.5 Å². The van der Waals surface area contributed by atoms with Crippen molar-refractivity contribution >= 4 is 11.9 Å². The third-order valence-corrected chi connectivity index (χ3v) is 4.10. The van der Waals surface area contributed by atoms with Crippen LogP contribution in [0.25, 0.3) is 0 Å². The Labute approximate surface area is 137 Å². The number of hydrogen-bond acceptors (Lipinski definition) is 3. The quantitative estimate of drug-likeness (QED) is 0.720. The van der Waals surface area contributed by atoms with Gasteiger partial charge in [0.25, 0.3) is 5.91 Å². The average Bonchev–Trinajstić information content (AvgIpc) is 2.53. The second-order valence-electron chi connectivity index (χ2n) is 6.24. The first-order valence-corrected chi connectivity index (χ1v) is 7.87. The predicted octanol–water partition coefficient (Wildman–Crippen LogP) is 3.35. The van der Waals surface area contributed by atoms with Crippen molar-refractivity contribution in [2.75, 3.05) is 0 Å². The van der Waals surface area contributed by atoms with Crippen molar-refractivity contribution < 1.29 is 14.7 Å². The SMILES string of the molecule is CCCCC[C@@H](NC(=O)c1ccc(C#N)cc1)C(C)(C)C(=O)O. The molecule has 1 aromatic carbocycles. The van der Waals surface area contributed by atoms with Crippen LogP contribution in [0.4, 0.5) is 0 Å². The summed E-state index contributed by atoms with van der Waals surface area (Å²) >= 11 is 0. The molecule has 1 amide bonds. The predicted molar refractivity (Wildman–Crippen MR) is 88.0 cm³/mol. The van der Waals surface area contributed by atoms with Gasteiger partial charge in [-0.3, -0.25) is 9.59 Å². The third-order valence-electron chi connectivity index (χ3n) is 4.10. The highest BCUT2D eigenvalue weighted by Gasteiger charge is 2.37. The van der Waals surface area contributed by atoms with Crippen molar-refractivity contribution in [3.8, 4) is 6.07 Å². The van der Waals surface area contributed by atoms with Crippen LogP contribution in [0.2, 0.25) is 0 Å². The number of hydrogen-bond donors (Lipinski definition) is 2. The fraction of sp³-hybridized carbons (Fsp3) is 0.500. The molecule has 2 N–H and O–H groups in total. The van der Waals surface area contributed by atoms with Crippen molar-refractivity contribution in [2.45, 2.75) is 52.5 Å². The van der Waals surface area contributed by atoms with Crippen molar-refractivity contribution in [3.63, 3.8) is 0 Å². The molecule has 1 aromatic rings. The molecule has 0 radical (unpaired) electrons. The van der Waals surface area contributed by atoms with E-state index in [1.54, 1.807) is 38.1 Å². The van der Waals surface area contributed by atoms with Gasteiger partial charge in [-0.15, -0.1) is 0 Å². The molecule has 5 nitrogen and oxygen atoms in total. The van der Waals surface area contributed by atoms with Crippen LogP contribution < -0.4 is 5.32 Å². The number of nitriles is 1. The Morgan fingerprint density at radius 2 is 1.87 bits per heavy atom. The van der Waals surface area contributed by atoms with Gasteiger partial charge in [-0.2, -0.15) is 5.26 Å². The Morgan fingerprint density at radius 3 is 2.35 bits per heavy atom. The van der Waals surface area contributed by atoms with E-state index in [9.17, 15) is 14.7 Å². The van der Waals surface area contributed by atoms with E-state index in [2.05, 4.69) is 12.2 Å². The zero-order valence-electron chi connectivity index (χ0n) is 13.9. The molecule has 0 heterocycles. The standard InChI is InChI=1S/C18H24N2O3/c1-4-5-6-7-15(18(2,3)17(22)23)20-16(21)14-10-8-13(12-19)9-11-14/h8-11,15H,4-7H2,1-3H3,(H,20,21)(H,22,23)/t15-/m1/s1. The summed E-state index contributed by atoms with van der Waals surface area (Å²) in [5.41, 5.74) is -0.145. The van der Waals surface area contributed by atoms with Gasteiger partial charge in [0.1, 0.15) is 0 Å². The number of carboxylic acids is 1. The number of amides is 1. The molecule has 0 bridgehead atoms. The van der Waals surface area contributed by atoms with Crippen LogP contribution in [0.1, 0.15) is 62.4 Å². The second-order valence-corrected chi connectivity index (χ2v) is 6.24. The monoisotopic (exact) mass is 316 g/mol. The number of nitrogens with one attached hydrogen (secondary N) is 1. The number of nitrogens with zero attached hydrogens (tertiary/aromatic N) is 1. The first kappa shape index (κ1) is 18.7. The number of carbonyl (C=O) groups is 2. The van der Waals surface area contributed by atoms with Crippen molar-refractivity contribution in [1.82, 2.24) is 5.32 Å². The highest BCUT2D eigenvalue weighted by Crippen LogP contribution is 2.25. The summed E-state index contributed by atoms with van der Waals surface area (Å²) in [6.45, 7) is 5.34. The molecule has 23 heavy (non-hydrogen) atoms. The minimum Gasteiger partial charge on any atom is -0.481 e. The summed E-state index contributed by atoms with van der Waals surface area (Å²) in [7, 11) is 0. The van der Waals surface area contributed by atoms with Gasteiger partial charge in [0.05, 0.1) is 17.0 Å². The first-order chi connectivity index (χ1) is 10.8. The Hall–Kier alpha value is -2.35. The van der Waals surface area contributed by atoms with Gasteiger partial charge in [-0.25, -0.2) is 0 Å². The second kappa shape index (κ2) is 8.33. The lowest BCUT2D eigenvalue weighted by Gasteiger charge is -2.31. The van der Waals surface area contributed by atoms with Gasteiger partial charge in [0, 0.05) is 11.6 Å². The lowest BCUT2D eigenvalue weighted by Crippen LogP contribution is -2.49. The zero-order chi connectivity index (χ0) is 17.5. The summed E-state index contributed by atoms with van der Waals surface area (Å²) in [4.78, 5) is 23.9. The molecule has 0 fully saturated rings. The lowest BCUT2D eigenvalue weighted by atomic mass is 9.81. The van der Waals surface area contributed by atoms with E-state index in [1.165, 1.54) is 0 Å². The molecule has 0 aliphatic heterocycles. The molecule has 0 saturated heterocycles. The lowest BCUT2D eigenvalue weighted by molar-refractivity contribution is -0.148. The van der Waals surface area contributed by atoms with Gasteiger partial charge < -0.3 is 10.4 Å². The first-order valence-electron chi connectivity index (χ1n) is 7.87. The van der Waals surface area contributed by atoms with E-state index >= 15 is 0 Å². The number of aliphatic carboxylic acids is 1. The zero-order valence-corrected chi connectivity index (χ0v) is 13.9. The van der Waals surface area contributed by atoms with Crippen molar-refractivity contribution in [3.05, 3.63) is 35.4 Å². The Kier molecular flexibility index (Phi) is 6.77. The van der Waals surface area contributed by atoms with Crippen LogP contribution in [-0.2, 0) is 4.79 Å². The molecule has 0 unspecified atom stereocenters. The van der Waals surface area contributed by atoms with E-state index in [0.717, 1.165) is 19.3 Å². The summed E-state index contributed by atoms with van der Waals surface area (Å²) in [5, 5.41) is 21.1. The topological polar surface area (TPSA) is 90.2 Å². The Morgan fingerprint density at radius 1 is 1.26 bits per heavy atom. The van der Waals surface area contributed by atoms with E-state index in [1.807, 2.05) is 6.07 Å². The Balaban J connectivity index is 2.88. The maximum atomic E-state index is 12.4. The van der Waals surface area contributed by atoms with Crippen LogP contribution in [0.3, 0.4) is 0 Å². The molecule has 0 saturated carbocycles. The molecule has 5 heteroatoms. The maximum absolute atomic E-state index is 12.4. The number of carbonyl (C=O) groups excluding carboxylic acids is 1. The van der Waals surface area contributed by atoms with E-state index in [4.69, 9.17) is 5.26 Å². The molecule has 0 aromatic heterocycles. The van der Waals surface area contributed by atoms with Gasteiger partial charge in [0.15, 0.2) is 0 Å². The van der Waals surface area contributed by atoms with E-state index in [-0.39, 0.29) is 5.91 Å². The molecule has 0 aliphatic rings.